The van der Waals surface area contributed by atoms with Crippen LogP contribution in [0.25, 0.3) is 0 Å². The van der Waals surface area contributed by atoms with Gasteiger partial charge in [0.05, 0.1) is 5.60 Å². The number of nitrogens with one attached hydrogen (secondary N) is 1. The van der Waals surface area contributed by atoms with E-state index in [4.69, 9.17) is 4.74 Å². The molecule has 2 atom stereocenters. The quantitative estimate of drug-likeness (QED) is 0.742. The van der Waals surface area contributed by atoms with Gasteiger partial charge >= 0.3 is 5.97 Å². The lowest BCUT2D eigenvalue weighted by Gasteiger charge is -2.44. The van der Waals surface area contributed by atoms with E-state index < -0.39 is 11.5 Å². The van der Waals surface area contributed by atoms with Crippen molar-refractivity contribution < 1.29 is 14.6 Å². The summed E-state index contributed by atoms with van der Waals surface area (Å²) in [6.45, 7) is 6.05. The molecular weight excluding hydrogens is 232 g/mol. The Morgan fingerprint density at radius 1 is 1.50 bits per heavy atom. The molecule has 1 saturated heterocycles. The number of carbonyl (C=O) groups is 1. The Hall–Kier alpha value is -0.650. The summed E-state index contributed by atoms with van der Waals surface area (Å²) in [7, 11) is 3.96. The highest BCUT2D eigenvalue weighted by Gasteiger charge is 2.47. The van der Waals surface area contributed by atoms with Gasteiger partial charge < -0.3 is 20.1 Å². The summed E-state index contributed by atoms with van der Waals surface area (Å²) in [5, 5.41) is 12.8. The summed E-state index contributed by atoms with van der Waals surface area (Å²) in [6.07, 6.45) is 1.89. The van der Waals surface area contributed by atoms with Crippen molar-refractivity contribution >= 4 is 5.97 Å². The van der Waals surface area contributed by atoms with Crippen molar-refractivity contribution in [3.63, 3.8) is 0 Å². The number of ether oxygens (including phenoxy) is 1. The van der Waals surface area contributed by atoms with Crippen molar-refractivity contribution in [1.82, 2.24) is 10.2 Å². The van der Waals surface area contributed by atoms with Crippen LogP contribution in [0.3, 0.4) is 0 Å². The van der Waals surface area contributed by atoms with Gasteiger partial charge in [0.1, 0.15) is 5.54 Å². The van der Waals surface area contributed by atoms with Crippen LogP contribution in [0, 0.1) is 0 Å². The molecule has 0 spiro atoms. The second-order valence-electron chi connectivity index (χ2n) is 5.70. The zero-order chi connectivity index (χ0) is 13.8. The fraction of sp³-hybridized carbons (Fsp3) is 0.923. The molecule has 18 heavy (non-hydrogen) atoms. The zero-order valence-electron chi connectivity index (χ0n) is 12.0. The van der Waals surface area contributed by atoms with Crippen LogP contribution in [0.5, 0.6) is 0 Å². The highest BCUT2D eigenvalue weighted by molar-refractivity contribution is 5.79. The van der Waals surface area contributed by atoms with E-state index in [2.05, 4.69) is 5.32 Å². The molecule has 106 valence electrons. The first-order valence-corrected chi connectivity index (χ1v) is 6.61. The Labute approximate surface area is 109 Å². The Kier molecular flexibility index (Phi) is 5.13. The van der Waals surface area contributed by atoms with E-state index in [0.29, 0.717) is 26.0 Å². The molecule has 1 aliphatic rings. The number of likely N-dealkylation sites (N-methyl/N-ethyl adjacent to an activating group) is 1. The highest BCUT2D eigenvalue weighted by atomic mass is 16.5. The van der Waals surface area contributed by atoms with Crippen LogP contribution < -0.4 is 5.32 Å². The molecule has 0 aromatic carbocycles. The number of rotatable bonds is 6. The van der Waals surface area contributed by atoms with Crippen LogP contribution in [-0.4, -0.2) is 60.9 Å². The normalized spacial score (nSPS) is 32.7. The van der Waals surface area contributed by atoms with E-state index in [1.54, 1.807) is 0 Å². The number of hydrogen-bond donors (Lipinski definition) is 2. The van der Waals surface area contributed by atoms with Crippen molar-refractivity contribution in [2.24, 2.45) is 0 Å². The van der Waals surface area contributed by atoms with Gasteiger partial charge in [0.15, 0.2) is 0 Å². The molecule has 2 unspecified atom stereocenters. The Morgan fingerprint density at radius 3 is 2.67 bits per heavy atom. The van der Waals surface area contributed by atoms with Gasteiger partial charge in [-0.3, -0.25) is 4.79 Å². The van der Waals surface area contributed by atoms with Crippen molar-refractivity contribution in [3.05, 3.63) is 0 Å². The summed E-state index contributed by atoms with van der Waals surface area (Å²) in [6, 6.07) is 0. The summed E-state index contributed by atoms with van der Waals surface area (Å²) in [4.78, 5) is 13.7. The first-order chi connectivity index (χ1) is 8.33. The Balaban J connectivity index is 2.71. The molecule has 1 fully saturated rings. The second kappa shape index (κ2) is 5.99. The lowest BCUT2D eigenvalue weighted by Crippen LogP contribution is -2.61. The number of nitrogens with zero attached hydrogens (tertiary/aromatic N) is 1. The fourth-order valence-electron chi connectivity index (χ4n) is 2.40. The van der Waals surface area contributed by atoms with Crippen LogP contribution in [0.1, 0.15) is 33.1 Å². The lowest BCUT2D eigenvalue weighted by molar-refractivity contribution is -0.160. The summed E-state index contributed by atoms with van der Waals surface area (Å²) in [5.74, 6) is -0.760. The van der Waals surface area contributed by atoms with Crippen LogP contribution in [-0.2, 0) is 9.53 Å². The predicted octanol–water partition coefficient (Wildman–Crippen LogP) is 0.940. The smallest absolute Gasteiger partial charge is 0.324 e. The van der Waals surface area contributed by atoms with E-state index in [-0.39, 0.29) is 5.60 Å². The van der Waals surface area contributed by atoms with E-state index in [1.165, 1.54) is 0 Å². The summed E-state index contributed by atoms with van der Waals surface area (Å²) >= 11 is 0. The minimum atomic E-state index is -0.834. The number of carboxylic acid groups (broad SMARTS) is 1. The van der Waals surface area contributed by atoms with Crippen molar-refractivity contribution in [2.45, 2.75) is 44.2 Å². The molecule has 0 aliphatic carbocycles. The van der Waals surface area contributed by atoms with Gasteiger partial charge in [0, 0.05) is 26.1 Å². The second-order valence-corrected chi connectivity index (χ2v) is 5.70. The topological polar surface area (TPSA) is 61.8 Å². The molecule has 5 nitrogen and oxygen atoms in total. The summed E-state index contributed by atoms with van der Waals surface area (Å²) in [5.41, 5.74) is -1.17. The molecule has 0 aromatic rings. The maximum Gasteiger partial charge on any atom is 0.324 e. The third-order valence-electron chi connectivity index (χ3n) is 3.83. The van der Waals surface area contributed by atoms with Gasteiger partial charge in [-0.1, -0.05) is 6.92 Å². The first kappa shape index (κ1) is 15.4. The first-order valence-electron chi connectivity index (χ1n) is 6.61. The van der Waals surface area contributed by atoms with Crippen LogP contribution in [0.15, 0.2) is 0 Å². The number of hydrogen-bond acceptors (Lipinski definition) is 4. The minimum Gasteiger partial charge on any atom is -0.480 e. The molecule has 1 rings (SSSR count). The molecule has 0 bridgehead atoms. The highest BCUT2D eigenvalue weighted by Crippen LogP contribution is 2.34. The molecule has 1 heterocycles. The standard InChI is InChI=1S/C13H26N2O3/c1-5-12(2)10-13(11(16)17,6-9-18-12)14-7-8-15(3)4/h14H,5-10H2,1-4H3,(H,16,17). The third kappa shape index (κ3) is 3.67. The predicted molar refractivity (Wildman–Crippen MR) is 70.8 cm³/mol. The van der Waals surface area contributed by atoms with Gasteiger partial charge in [-0.2, -0.15) is 0 Å². The van der Waals surface area contributed by atoms with Gasteiger partial charge in [-0.05, 0) is 33.9 Å². The van der Waals surface area contributed by atoms with Gasteiger partial charge in [0.25, 0.3) is 0 Å². The molecule has 0 amide bonds. The van der Waals surface area contributed by atoms with Gasteiger partial charge in [-0.15, -0.1) is 0 Å². The molecule has 1 aliphatic heterocycles. The summed E-state index contributed by atoms with van der Waals surface area (Å²) < 4.78 is 5.73. The molecular formula is C13H26N2O3. The van der Waals surface area contributed by atoms with Gasteiger partial charge in [-0.25, -0.2) is 0 Å². The van der Waals surface area contributed by atoms with Crippen molar-refractivity contribution in [2.75, 3.05) is 33.8 Å². The van der Waals surface area contributed by atoms with Crippen molar-refractivity contribution in [1.29, 1.82) is 0 Å². The van der Waals surface area contributed by atoms with Gasteiger partial charge in [0.2, 0.25) is 0 Å². The van der Waals surface area contributed by atoms with E-state index in [1.807, 2.05) is 32.8 Å². The Morgan fingerprint density at radius 2 is 2.17 bits per heavy atom. The maximum absolute atomic E-state index is 11.6. The molecule has 2 N–H and O–H groups in total. The molecule has 0 aromatic heterocycles. The SMILES string of the molecule is CCC1(C)CC(NCCN(C)C)(C(=O)O)CCO1. The number of aliphatic carboxylic acids is 1. The van der Waals surface area contributed by atoms with E-state index in [0.717, 1.165) is 13.0 Å². The molecule has 5 heteroatoms. The average molecular weight is 258 g/mol. The largest absolute Gasteiger partial charge is 0.480 e. The van der Waals surface area contributed by atoms with Crippen LogP contribution >= 0.6 is 0 Å². The van der Waals surface area contributed by atoms with E-state index >= 15 is 0 Å². The van der Waals surface area contributed by atoms with E-state index in [9.17, 15) is 9.90 Å². The number of carboxylic acids is 1. The average Bonchev–Trinajstić information content (AvgIpc) is 2.28. The zero-order valence-corrected chi connectivity index (χ0v) is 12.0. The fourth-order valence-corrected chi connectivity index (χ4v) is 2.40. The molecule has 0 saturated carbocycles. The minimum absolute atomic E-state index is 0.332. The van der Waals surface area contributed by atoms with Crippen LogP contribution in [0.2, 0.25) is 0 Å². The van der Waals surface area contributed by atoms with Crippen LogP contribution in [0.4, 0.5) is 0 Å². The molecule has 0 radical (unpaired) electrons. The monoisotopic (exact) mass is 258 g/mol. The Bertz CT molecular complexity index is 296. The maximum atomic E-state index is 11.6. The third-order valence-corrected chi connectivity index (χ3v) is 3.83. The van der Waals surface area contributed by atoms with Crippen molar-refractivity contribution in [3.8, 4) is 0 Å². The lowest BCUT2D eigenvalue weighted by atomic mass is 9.79.